The average molecular weight is 455 g/mol. The van der Waals surface area contributed by atoms with Crippen LogP contribution in [0.15, 0.2) is 0 Å². The molecule has 0 unspecified atom stereocenters. The number of amides is 2. The Kier molecular flexibility index (Phi) is 9.58. The van der Waals surface area contributed by atoms with Crippen LogP contribution in [0, 0.1) is 0 Å². The van der Waals surface area contributed by atoms with Crippen LogP contribution in [-0.2, 0) is 33.3 Å². The molecule has 3 rings (SSSR count). The highest BCUT2D eigenvalue weighted by atomic mass is 16.8. The molecule has 32 heavy (non-hydrogen) atoms. The van der Waals surface area contributed by atoms with Crippen molar-refractivity contribution >= 4 is 23.9 Å². The standard InChI is InChI=1S/C22H34N2O8/c25-19(23-11-3-4-12-23)7-1-2-8-20(26)24-13-5-6-18(24)21(27)30-16-31-22(28)32-17-9-14-29-15-10-17/h17-18H,1-16H2/t18-/m1/s1. The summed E-state index contributed by atoms with van der Waals surface area (Å²) >= 11 is 0. The monoisotopic (exact) mass is 454 g/mol. The Labute approximate surface area is 188 Å². The summed E-state index contributed by atoms with van der Waals surface area (Å²) in [6.45, 7) is 2.70. The van der Waals surface area contributed by atoms with E-state index in [1.54, 1.807) is 0 Å². The Hall–Kier alpha value is -2.36. The number of likely N-dealkylation sites (tertiary alicyclic amines) is 2. The van der Waals surface area contributed by atoms with Gasteiger partial charge in [0.05, 0.1) is 13.2 Å². The van der Waals surface area contributed by atoms with Crippen molar-refractivity contribution in [2.24, 2.45) is 0 Å². The lowest BCUT2D eigenvalue weighted by Gasteiger charge is -2.24. The van der Waals surface area contributed by atoms with Gasteiger partial charge < -0.3 is 28.7 Å². The number of rotatable bonds is 9. The highest BCUT2D eigenvalue weighted by molar-refractivity contribution is 5.85. The van der Waals surface area contributed by atoms with Crippen molar-refractivity contribution in [3.63, 3.8) is 0 Å². The van der Waals surface area contributed by atoms with Gasteiger partial charge in [0.15, 0.2) is 0 Å². The number of carbonyl (C=O) groups is 4. The molecular weight excluding hydrogens is 420 g/mol. The molecule has 0 saturated carbocycles. The number of hydrogen-bond acceptors (Lipinski definition) is 8. The molecule has 0 radical (unpaired) electrons. The van der Waals surface area contributed by atoms with Crippen LogP contribution in [0.5, 0.6) is 0 Å². The van der Waals surface area contributed by atoms with Crippen molar-refractivity contribution in [3.05, 3.63) is 0 Å². The van der Waals surface area contributed by atoms with E-state index in [0.29, 0.717) is 71.1 Å². The second kappa shape index (κ2) is 12.6. The van der Waals surface area contributed by atoms with Crippen molar-refractivity contribution in [1.29, 1.82) is 0 Å². The third-order valence-corrected chi connectivity index (χ3v) is 6.14. The Balaban J connectivity index is 1.30. The van der Waals surface area contributed by atoms with E-state index >= 15 is 0 Å². The molecule has 0 aromatic rings. The SMILES string of the molecule is O=C(OCOC(=O)[C@H]1CCCN1C(=O)CCCCC(=O)N1CCCC1)OC1CCOCC1. The highest BCUT2D eigenvalue weighted by Crippen LogP contribution is 2.21. The topological polar surface area (TPSA) is 112 Å². The Morgan fingerprint density at radius 3 is 2.22 bits per heavy atom. The van der Waals surface area contributed by atoms with Gasteiger partial charge in [0.25, 0.3) is 0 Å². The van der Waals surface area contributed by atoms with Gasteiger partial charge in [0.2, 0.25) is 18.6 Å². The fraction of sp³-hybridized carbons (Fsp3) is 0.818. The van der Waals surface area contributed by atoms with Crippen LogP contribution in [0.25, 0.3) is 0 Å². The first-order valence-electron chi connectivity index (χ1n) is 11.7. The quantitative estimate of drug-likeness (QED) is 0.295. The average Bonchev–Trinajstić information content (AvgIpc) is 3.49. The van der Waals surface area contributed by atoms with Crippen LogP contribution in [0.2, 0.25) is 0 Å². The van der Waals surface area contributed by atoms with Gasteiger partial charge in [-0.1, -0.05) is 0 Å². The lowest BCUT2D eigenvalue weighted by molar-refractivity contribution is -0.162. The predicted molar refractivity (Wildman–Crippen MR) is 111 cm³/mol. The summed E-state index contributed by atoms with van der Waals surface area (Å²) in [6, 6.07) is -0.663. The fourth-order valence-electron chi connectivity index (χ4n) is 4.33. The minimum Gasteiger partial charge on any atom is -0.431 e. The molecule has 3 aliphatic heterocycles. The van der Waals surface area contributed by atoms with E-state index < -0.39 is 25.0 Å². The largest absolute Gasteiger partial charge is 0.511 e. The lowest BCUT2D eigenvalue weighted by atomic mass is 10.1. The predicted octanol–water partition coefficient (Wildman–Crippen LogP) is 1.99. The summed E-state index contributed by atoms with van der Waals surface area (Å²) in [5, 5.41) is 0. The number of carbonyl (C=O) groups excluding carboxylic acids is 4. The van der Waals surface area contributed by atoms with Crippen molar-refractivity contribution in [2.75, 3.05) is 39.6 Å². The van der Waals surface area contributed by atoms with E-state index in [1.807, 2.05) is 4.90 Å². The molecule has 2 amide bonds. The summed E-state index contributed by atoms with van der Waals surface area (Å²) in [4.78, 5) is 52.1. The number of unbranched alkanes of at least 4 members (excludes halogenated alkanes) is 1. The molecule has 0 bridgehead atoms. The molecule has 3 saturated heterocycles. The van der Waals surface area contributed by atoms with Gasteiger partial charge in [-0.2, -0.15) is 0 Å². The third-order valence-electron chi connectivity index (χ3n) is 6.14. The summed E-state index contributed by atoms with van der Waals surface area (Å²) in [6.07, 6.45) is 5.48. The first kappa shape index (κ1) is 24.3. The van der Waals surface area contributed by atoms with Crippen LogP contribution >= 0.6 is 0 Å². The van der Waals surface area contributed by atoms with Crippen molar-refractivity contribution in [3.8, 4) is 0 Å². The molecule has 0 aromatic carbocycles. The van der Waals surface area contributed by atoms with E-state index in [2.05, 4.69) is 0 Å². The van der Waals surface area contributed by atoms with Crippen molar-refractivity contribution < 1.29 is 38.1 Å². The molecule has 0 spiro atoms. The molecule has 0 aromatic heterocycles. The summed E-state index contributed by atoms with van der Waals surface area (Å²) in [5.74, 6) is -0.537. The molecule has 3 aliphatic rings. The zero-order chi connectivity index (χ0) is 22.8. The first-order chi connectivity index (χ1) is 15.5. The maximum atomic E-state index is 12.6. The molecule has 0 aliphatic carbocycles. The molecule has 3 fully saturated rings. The third kappa shape index (κ3) is 7.36. The normalized spacial score (nSPS) is 21.4. The molecule has 180 valence electrons. The zero-order valence-electron chi connectivity index (χ0n) is 18.6. The molecule has 10 heteroatoms. The highest BCUT2D eigenvalue weighted by Gasteiger charge is 2.35. The molecule has 1 atom stereocenters. The maximum absolute atomic E-state index is 12.6. The van der Waals surface area contributed by atoms with Gasteiger partial charge in [-0.15, -0.1) is 0 Å². The van der Waals surface area contributed by atoms with Gasteiger partial charge in [-0.3, -0.25) is 9.59 Å². The molecule has 10 nitrogen and oxygen atoms in total. The van der Waals surface area contributed by atoms with Gasteiger partial charge in [0.1, 0.15) is 12.1 Å². The van der Waals surface area contributed by atoms with E-state index in [4.69, 9.17) is 18.9 Å². The second-order valence-electron chi connectivity index (χ2n) is 8.45. The van der Waals surface area contributed by atoms with E-state index in [1.165, 1.54) is 4.90 Å². The van der Waals surface area contributed by atoms with Crippen LogP contribution in [-0.4, -0.2) is 85.5 Å². The number of esters is 1. The maximum Gasteiger partial charge on any atom is 0.511 e. The lowest BCUT2D eigenvalue weighted by Crippen LogP contribution is -2.41. The van der Waals surface area contributed by atoms with E-state index in [9.17, 15) is 19.2 Å². The van der Waals surface area contributed by atoms with E-state index in [-0.39, 0.29) is 17.9 Å². The first-order valence-corrected chi connectivity index (χ1v) is 11.7. The van der Waals surface area contributed by atoms with Gasteiger partial charge in [-0.25, -0.2) is 9.59 Å². The zero-order valence-corrected chi connectivity index (χ0v) is 18.6. The number of nitrogens with zero attached hydrogens (tertiary/aromatic N) is 2. The van der Waals surface area contributed by atoms with E-state index in [0.717, 1.165) is 25.9 Å². The van der Waals surface area contributed by atoms with Crippen LogP contribution in [0.1, 0.15) is 64.2 Å². The van der Waals surface area contributed by atoms with Crippen molar-refractivity contribution in [2.45, 2.75) is 76.4 Å². The molecule has 0 N–H and O–H groups in total. The minimum atomic E-state index is -0.882. The fourth-order valence-corrected chi connectivity index (χ4v) is 4.33. The smallest absolute Gasteiger partial charge is 0.431 e. The van der Waals surface area contributed by atoms with Crippen LogP contribution in [0.3, 0.4) is 0 Å². The Morgan fingerprint density at radius 2 is 1.50 bits per heavy atom. The van der Waals surface area contributed by atoms with Crippen LogP contribution < -0.4 is 0 Å². The van der Waals surface area contributed by atoms with Crippen molar-refractivity contribution in [1.82, 2.24) is 9.80 Å². The number of ether oxygens (including phenoxy) is 4. The van der Waals surface area contributed by atoms with Gasteiger partial charge in [0, 0.05) is 45.3 Å². The second-order valence-corrected chi connectivity index (χ2v) is 8.45. The van der Waals surface area contributed by atoms with Gasteiger partial charge in [-0.05, 0) is 38.5 Å². The Morgan fingerprint density at radius 1 is 0.812 bits per heavy atom. The Bertz CT molecular complexity index is 658. The summed E-state index contributed by atoms with van der Waals surface area (Å²) in [7, 11) is 0. The summed E-state index contributed by atoms with van der Waals surface area (Å²) < 4.78 is 20.2. The number of hydrogen-bond donors (Lipinski definition) is 0. The minimum absolute atomic E-state index is 0.113. The van der Waals surface area contributed by atoms with Gasteiger partial charge >= 0.3 is 12.1 Å². The van der Waals surface area contributed by atoms with Crippen LogP contribution in [0.4, 0.5) is 4.79 Å². The molecular formula is C22H34N2O8. The summed E-state index contributed by atoms with van der Waals surface area (Å²) in [5.41, 5.74) is 0. The molecule has 3 heterocycles.